The summed E-state index contributed by atoms with van der Waals surface area (Å²) in [5.74, 6) is -0.0885. The van der Waals surface area contributed by atoms with Gasteiger partial charge in [-0.3, -0.25) is 9.36 Å². The molecule has 0 amide bonds. The molecule has 1 heterocycles. The first-order valence-corrected chi connectivity index (χ1v) is 9.05. The fourth-order valence-electron chi connectivity index (χ4n) is 2.44. The number of rotatable bonds is 8. The summed E-state index contributed by atoms with van der Waals surface area (Å²) >= 11 is 0. The van der Waals surface area contributed by atoms with Gasteiger partial charge in [0.25, 0.3) is 0 Å². The number of esters is 1. The molecule has 2 atom stereocenters. The molecule has 0 spiro atoms. The molecule has 1 rings (SSSR count). The van der Waals surface area contributed by atoms with Crippen LogP contribution in [0.5, 0.6) is 0 Å². The standard InChI is InChI=1S/C13H26NO5P/c1-4-17-13(15)12-9-11(7-8-14-12)10-20(16,18-5-2)19-6-3/h11-12,14H,4-10H2,1-3H3/t11-,12+/m0/s1. The zero-order valence-corrected chi connectivity index (χ0v) is 13.5. The quantitative estimate of drug-likeness (QED) is 0.547. The lowest BCUT2D eigenvalue weighted by Gasteiger charge is -2.30. The molecule has 0 unspecified atom stereocenters. The number of carbonyl (C=O) groups is 1. The van der Waals surface area contributed by atoms with Crippen molar-refractivity contribution >= 4 is 13.6 Å². The van der Waals surface area contributed by atoms with Gasteiger partial charge in [0.15, 0.2) is 0 Å². The average molecular weight is 307 g/mol. The molecule has 0 aromatic carbocycles. The highest BCUT2D eigenvalue weighted by atomic mass is 31.2. The molecule has 0 aromatic rings. The minimum Gasteiger partial charge on any atom is -0.465 e. The predicted octanol–water partition coefficient (Wildman–Crippen LogP) is 2.18. The van der Waals surface area contributed by atoms with Gasteiger partial charge in [-0.2, -0.15) is 0 Å². The lowest BCUT2D eigenvalue weighted by atomic mass is 9.94. The van der Waals surface area contributed by atoms with Gasteiger partial charge in [0.1, 0.15) is 6.04 Å². The van der Waals surface area contributed by atoms with Gasteiger partial charge in [-0.1, -0.05) is 0 Å². The Morgan fingerprint density at radius 3 is 2.40 bits per heavy atom. The van der Waals surface area contributed by atoms with Crippen molar-refractivity contribution in [3.8, 4) is 0 Å². The number of piperidine rings is 1. The van der Waals surface area contributed by atoms with Crippen molar-refractivity contribution in [1.82, 2.24) is 5.32 Å². The third-order valence-electron chi connectivity index (χ3n) is 3.22. The van der Waals surface area contributed by atoms with Crippen LogP contribution in [-0.4, -0.2) is 44.5 Å². The van der Waals surface area contributed by atoms with Crippen LogP contribution in [0.2, 0.25) is 0 Å². The van der Waals surface area contributed by atoms with Crippen LogP contribution in [-0.2, 0) is 23.1 Å². The van der Waals surface area contributed by atoms with Gasteiger partial charge in [-0.15, -0.1) is 0 Å². The summed E-state index contributed by atoms with van der Waals surface area (Å²) in [7, 11) is -3.04. The molecule has 1 fully saturated rings. The van der Waals surface area contributed by atoms with Crippen LogP contribution in [0.4, 0.5) is 0 Å². The molecule has 20 heavy (non-hydrogen) atoms. The smallest absolute Gasteiger partial charge is 0.330 e. The molecule has 118 valence electrons. The first-order valence-electron chi connectivity index (χ1n) is 7.32. The first-order chi connectivity index (χ1) is 9.54. The molecule has 0 radical (unpaired) electrons. The largest absolute Gasteiger partial charge is 0.465 e. The van der Waals surface area contributed by atoms with Crippen LogP contribution < -0.4 is 5.32 Å². The lowest BCUT2D eigenvalue weighted by Crippen LogP contribution is -2.45. The summed E-state index contributed by atoms with van der Waals surface area (Å²) in [6.45, 7) is 7.21. The predicted molar refractivity (Wildman–Crippen MR) is 76.9 cm³/mol. The average Bonchev–Trinajstić information content (AvgIpc) is 2.39. The van der Waals surface area contributed by atoms with Crippen LogP contribution >= 0.6 is 7.60 Å². The van der Waals surface area contributed by atoms with Crippen LogP contribution in [0, 0.1) is 5.92 Å². The minimum atomic E-state index is -3.04. The fourth-order valence-corrected chi connectivity index (χ4v) is 4.47. The van der Waals surface area contributed by atoms with Crippen molar-refractivity contribution in [3.05, 3.63) is 0 Å². The van der Waals surface area contributed by atoms with E-state index in [0.717, 1.165) is 6.42 Å². The van der Waals surface area contributed by atoms with E-state index in [1.165, 1.54) is 0 Å². The van der Waals surface area contributed by atoms with Crippen LogP contribution in [0.3, 0.4) is 0 Å². The Balaban J connectivity index is 2.57. The molecule has 1 N–H and O–H groups in total. The van der Waals surface area contributed by atoms with Gasteiger partial charge in [-0.05, 0) is 46.1 Å². The van der Waals surface area contributed by atoms with Gasteiger partial charge < -0.3 is 19.1 Å². The van der Waals surface area contributed by atoms with E-state index in [-0.39, 0.29) is 17.9 Å². The second-order valence-corrected chi connectivity index (χ2v) is 6.88. The van der Waals surface area contributed by atoms with E-state index in [1.54, 1.807) is 20.8 Å². The third-order valence-corrected chi connectivity index (χ3v) is 5.48. The van der Waals surface area contributed by atoms with E-state index in [9.17, 15) is 9.36 Å². The lowest BCUT2D eigenvalue weighted by molar-refractivity contribution is -0.146. The second-order valence-electron chi connectivity index (χ2n) is 4.78. The molecule has 1 aliphatic heterocycles. The SMILES string of the molecule is CCOC(=O)[C@H]1C[C@@H](CP(=O)(OCC)OCC)CCN1. The number of carbonyl (C=O) groups excluding carboxylic acids is 1. The highest BCUT2D eigenvalue weighted by Gasteiger charge is 2.34. The summed E-state index contributed by atoms with van der Waals surface area (Å²) in [5, 5.41) is 3.14. The van der Waals surface area contributed by atoms with Crippen molar-refractivity contribution in [2.75, 3.05) is 32.5 Å². The van der Waals surface area contributed by atoms with E-state index in [4.69, 9.17) is 13.8 Å². The fraction of sp³-hybridized carbons (Fsp3) is 0.923. The normalized spacial score (nSPS) is 23.6. The van der Waals surface area contributed by atoms with E-state index in [1.807, 2.05) is 0 Å². The van der Waals surface area contributed by atoms with Crippen molar-refractivity contribution in [1.29, 1.82) is 0 Å². The Kier molecular flexibility index (Phi) is 7.74. The van der Waals surface area contributed by atoms with E-state index in [0.29, 0.717) is 38.9 Å². The maximum absolute atomic E-state index is 12.5. The maximum Gasteiger partial charge on any atom is 0.330 e. The topological polar surface area (TPSA) is 73.9 Å². The van der Waals surface area contributed by atoms with Gasteiger partial charge >= 0.3 is 13.6 Å². The van der Waals surface area contributed by atoms with Gasteiger partial charge in [0.05, 0.1) is 26.0 Å². The van der Waals surface area contributed by atoms with Crippen LogP contribution in [0.1, 0.15) is 33.6 Å². The summed E-state index contributed by atoms with van der Waals surface area (Å²) in [4.78, 5) is 11.7. The van der Waals surface area contributed by atoms with Crippen molar-refractivity contribution < 1.29 is 23.1 Å². The second kappa shape index (κ2) is 8.78. The molecule has 1 saturated heterocycles. The molecule has 6 nitrogen and oxygen atoms in total. The Bertz CT molecular complexity index is 340. The summed E-state index contributed by atoms with van der Waals surface area (Å²) in [6, 6.07) is -0.314. The summed E-state index contributed by atoms with van der Waals surface area (Å²) in [6.07, 6.45) is 1.84. The number of nitrogens with one attached hydrogen (secondary N) is 1. The highest BCUT2D eigenvalue weighted by molar-refractivity contribution is 7.53. The summed E-state index contributed by atoms with van der Waals surface area (Å²) in [5.41, 5.74) is 0. The Morgan fingerprint density at radius 1 is 1.20 bits per heavy atom. The Hall–Kier alpha value is -0.420. The highest BCUT2D eigenvalue weighted by Crippen LogP contribution is 2.50. The molecule has 7 heteroatoms. The van der Waals surface area contributed by atoms with Crippen LogP contribution in [0.15, 0.2) is 0 Å². The Labute approximate surface area is 121 Å². The molecule has 0 aromatic heterocycles. The molecule has 0 aliphatic carbocycles. The van der Waals surface area contributed by atoms with Crippen molar-refractivity contribution in [2.45, 2.75) is 39.7 Å². The van der Waals surface area contributed by atoms with Gasteiger partial charge in [-0.25, -0.2) is 0 Å². The van der Waals surface area contributed by atoms with E-state index >= 15 is 0 Å². The number of hydrogen-bond acceptors (Lipinski definition) is 6. The molecule has 1 aliphatic rings. The Morgan fingerprint density at radius 2 is 1.85 bits per heavy atom. The van der Waals surface area contributed by atoms with E-state index < -0.39 is 7.60 Å². The van der Waals surface area contributed by atoms with E-state index in [2.05, 4.69) is 5.32 Å². The molecular weight excluding hydrogens is 281 g/mol. The maximum atomic E-state index is 12.5. The number of hydrogen-bond donors (Lipinski definition) is 1. The van der Waals surface area contributed by atoms with Crippen LogP contribution in [0.25, 0.3) is 0 Å². The van der Waals surface area contributed by atoms with Gasteiger partial charge in [0.2, 0.25) is 0 Å². The number of ether oxygens (including phenoxy) is 1. The van der Waals surface area contributed by atoms with Crippen molar-refractivity contribution in [2.24, 2.45) is 5.92 Å². The molecule has 0 saturated carbocycles. The molecular formula is C13H26NO5P. The minimum absolute atomic E-state index is 0.148. The third kappa shape index (κ3) is 5.52. The molecule has 0 bridgehead atoms. The monoisotopic (exact) mass is 307 g/mol. The first kappa shape index (κ1) is 17.6. The van der Waals surface area contributed by atoms with Crippen molar-refractivity contribution in [3.63, 3.8) is 0 Å². The zero-order valence-electron chi connectivity index (χ0n) is 12.6. The summed E-state index contributed by atoms with van der Waals surface area (Å²) < 4.78 is 28.1. The van der Waals surface area contributed by atoms with Gasteiger partial charge in [0, 0.05) is 0 Å². The zero-order chi connectivity index (χ0) is 15.0.